The van der Waals surface area contributed by atoms with Gasteiger partial charge in [-0.3, -0.25) is 0 Å². The third kappa shape index (κ3) is 3.63. The number of pyridine rings is 1. The van der Waals surface area contributed by atoms with Crippen LogP contribution in [0.3, 0.4) is 0 Å². The lowest BCUT2D eigenvalue weighted by Gasteiger charge is -2.37. The van der Waals surface area contributed by atoms with Crippen LogP contribution in [0.15, 0.2) is 47.5 Å². The molecule has 2 heterocycles. The van der Waals surface area contributed by atoms with E-state index in [-0.39, 0.29) is 23.9 Å². The highest BCUT2D eigenvalue weighted by molar-refractivity contribution is 7.89. The maximum Gasteiger partial charge on any atom is 0.416 e. The summed E-state index contributed by atoms with van der Waals surface area (Å²) < 4.78 is 69.3. The van der Waals surface area contributed by atoms with E-state index in [1.165, 1.54) is 24.3 Å². The number of sulfonamides is 1. The minimum Gasteiger partial charge on any atom is -0.472 e. The van der Waals surface area contributed by atoms with Gasteiger partial charge in [0.15, 0.2) is 0 Å². The molecule has 10 heteroatoms. The first-order valence-corrected chi connectivity index (χ1v) is 8.84. The van der Waals surface area contributed by atoms with Crippen LogP contribution in [0.5, 0.6) is 5.88 Å². The van der Waals surface area contributed by atoms with Gasteiger partial charge in [-0.2, -0.15) is 22.7 Å². The molecule has 0 radical (unpaired) electrons. The van der Waals surface area contributed by atoms with E-state index >= 15 is 0 Å². The number of hydrogen-bond donors (Lipinski definition) is 0. The number of rotatable bonds is 4. The van der Waals surface area contributed by atoms with Gasteiger partial charge in [0.05, 0.1) is 35.2 Å². The molecule has 0 spiro atoms. The number of halogens is 3. The Morgan fingerprint density at radius 3 is 2.42 bits per heavy atom. The minimum atomic E-state index is -4.51. The van der Waals surface area contributed by atoms with Crippen LogP contribution >= 0.6 is 0 Å². The number of hydrogen-bond acceptors (Lipinski definition) is 5. The average Bonchev–Trinajstić information content (AvgIpc) is 2.57. The van der Waals surface area contributed by atoms with Crippen molar-refractivity contribution < 1.29 is 26.3 Å². The highest BCUT2D eigenvalue weighted by atomic mass is 32.2. The molecule has 3 rings (SSSR count). The van der Waals surface area contributed by atoms with Gasteiger partial charge in [-0.05, 0) is 30.3 Å². The monoisotopic (exact) mass is 383 g/mol. The Balaban J connectivity index is 1.64. The van der Waals surface area contributed by atoms with Crippen molar-refractivity contribution in [3.8, 4) is 11.9 Å². The van der Waals surface area contributed by atoms with Crippen molar-refractivity contribution >= 4 is 10.0 Å². The third-order valence-corrected chi connectivity index (χ3v) is 5.63. The van der Waals surface area contributed by atoms with Gasteiger partial charge in [-0.15, -0.1) is 0 Å². The van der Waals surface area contributed by atoms with Gasteiger partial charge in [0.2, 0.25) is 15.9 Å². The molecular formula is C16H12F3N3O3S. The van der Waals surface area contributed by atoms with Crippen LogP contribution in [0.2, 0.25) is 0 Å². The first kappa shape index (κ1) is 18.2. The third-order valence-electron chi connectivity index (χ3n) is 3.79. The van der Waals surface area contributed by atoms with Crippen molar-refractivity contribution in [1.29, 1.82) is 5.26 Å². The Labute approximate surface area is 147 Å². The second-order valence-electron chi connectivity index (χ2n) is 5.58. The lowest BCUT2D eigenvalue weighted by molar-refractivity contribution is -0.137. The van der Waals surface area contributed by atoms with Gasteiger partial charge in [0, 0.05) is 12.3 Å². The van der Waals surface area contributed by atoms with Crippen molar-refractivity contribution in [2.45, 2.75) is 17.2 Å². The number of ether oxygens (including phenoxy) is 1. The van der Waals surface area contributed by atoms with Crippen LogP contribution in [0.4, 0.5) is 13.2 Å². The fourth-order valence-electron chi connectivity index (χ4n) is 2.34. The largest absolute Gasteiger partial charge is 0.472 e. The van der Waals surface area contributed by atoms with E-state index in [2.05, 4.69) is 4.98 Å². The Morgan fingerprint density at radius 1 is 1.19 bits per heavy atom. The second kappa shape index (κ2) is 6.59. The molecule has 1 aliphatic heterocycles. The van der Waals surface area contributed by atoms with E-state index in [4.69, 9.17) is 10.00 Å². The predicted octanol–water partition coefficient (Wildman–Crippen LogP) is 2.42. The Kier molecular flexibility index (Phi) is 4.60. The number of nitrogens with zero attached hydrogens (tertiary/aromatic N) is 3. The van der Waals surface area contributed by atoms with E-state index in [0.29, 0.717) is 5.56 Å². The molecule has 0 unspecified atom stereocenters. The van der Waals surface area contributed by atoms with Crippen LogP contribution in [-0.4, -0.2) is 36.9 Å². The van der Waals surface area contributed by atoms with Gasteiger partial charge in [0.25, 0.3) is 0 Å². The number of benzene rings is 1. The number of alkyl halides is 3. The minimum absolute atomic E-state index is 0.000258. The van der Waals surface area contributed by atoms with Crippen molar-refractivity contribution in [3.63, 3.8) is 0 Å². The van der Waals surface area contributed by atoms with E-state index in [1.54, 1.807) is 0 Å². The van der Waals surface area contributed by atoms with Gasteiger partial charge in [-0.1, -0.05) is 0 Å². The van der Waals surface area contributed by atoms with Crippen LogP contribution in [0.25, 0.3) is 0 Å². The Bertz CT molecular complexity index is 947. The highest BCUT2D eigenvalue weighted by Crippen LogP contribution is 2.31. The smallest absolute Gasteiger partial charge is 0.416 e. The fourth-order valence-corrected chi connectivity index (χ4v) is 3.85. The van der Waals surface area contributed by atoms with Gasteiger partial charge in [0.1, 0.15) is 6.10 Å². The molecule has 0 amide bonds. The molecule has 26 heavy (non-hydrogen) atoms. The highest BCUT2D eigenvalue weighted by Gasteiger charge is 2.39. The maximum absolute atomic E-state index is 12.7. The summed E-state index contributed by atoms with van der Waals surface area (Å²) in [6, 6.07) is 8.95. The topological polar surface area (TPSA) is 83.3 Å². The van der Waals surface area contributed by atoms with Crippen molar-refractivity contribution in [2.75, 3.05) is 13.1 Å². The predicted molar refractivity (Wildman–Crippen MR) is 83.6 cm³/mol. The molecule has 136 valence electrons. The fraction of sp³-hybridized carbons (Fsp3) is 0.250. The Morgan fingerprint density at radius 2 is 1.85 bits per heavy atom. The molecule has 1 fully saturated rings. The molecule has 1 aromatic heterocycles. The molecular weight excluding hydrogens is 371 g/mol. The van der Waals surface area contributed by atoms with E-state index < -0.39 is 27.9 Å². The zero-order valence-corrected chi connectivity index (χ0v) is 14.0. The normalized spacial score (nSPS) is 15.9. The number of nitriles is 1. The summed E-state index contributed by atoms with van der Waals surface area (Å²) in [5, 5.41) is 8.74. The SMILES string of the molecule is N#Cc1ccc(S(=O)(=O)N2CC(Oc3cc(C(F)(F)F)ccn3)C2)cc1. The average molecular weight is 383 g/mol. The van der Waals surface area contributed by atoms with Crippen molar-refractivity contribution in [3.05, 3.63) is 53.7 Å². The van der Waals surface area contributed by atoms with Gasteiger partial charge >= 0.3 is 6.18 Å². The standard InChI is InChI=1S/C16H12F3N3O3S/c17-16(18,19)12-5-6-21-15(7-12)25-13-9-22(10-13)26(23,24)14-3-1-11(8-20)2-4-14/h1-7,13H,9-10H2. The van der Waals surface area contributed by atoms with Crippen LogP contribution in [0, 0.1) is 11.3 Å². The first-order chi connectivity index (χ1) is 12.2. The van der Waals surface area contributed by atoms with Crippen LogP contribution in [0.1, 0.15) is 11.1 Å². The lowest BCUT2D eigenvalue weighted by atomic mass is 10.2. The molecule has 0 atom stereocenters. The summed E-state index contributed by atoms with van der Waals surface area (Å²) in [5.41, 5.74) is -0.548. The van der Waals surface area contributed by atoms with Crippen LogP contribution < -0.4 is 4.74 Å². The molecule has 0 aliphatic carbocycles. The van der Waals surface area contributed by atoms with Crippen LogP contribution in [-0.2, 0) is 16.2 Å². The molecule has 2 aromatic rings. The van der Waals surface area contributed by atoms with E-state index in [9.17, 15) is 21.6 Å². The zero-order valence-electron chi connectivity index (χ0n) is 13.1. The van der Waals surface area contributed by atoms with Crippen molar-refractivity contribution in [1.82, 2.24) is 9.29 Å². The summed E-state index contributed by atoms with van der Waals surface area (Å²) in [5.74, 6) is -0.208. The zero-order chi connectivity index (χ0) is 18.9. The molecule has 0 saturated carbocycles. The first-order valence-electron chi connectivity index (χ1n) is 7.40. The lowest BCUT2D eigenvalue weighted by Crippen LogP contribution is -2.56. The summed E-state index contributed by atoms with van der Waals surface area (Å²) >= 11 is 0. The summed E-state index contributed by atoms with van der Waals surface area (Å²) in [6.45, 7) is 0.000516. The summed E-state index contributed by atoms with van der Waals surface area (Å²) in [4.78, 5) is 3.75. The molecule has 0 bridgehead atoms. The van der Waals surface area contributed by atoms with Gasteiger partial charge in [-0.25, -0.2) is 13.4 Å². The maximum atomic E-state index is 12.7. The molecule has 1 saturated heterocycles. The quantitative estimate of drug-likeness (QED) is 0.810. The molecule has 6 nitrogen and oxygen atoms in total. The second-order valence-corrected chi connectivity index (χ2v) is 7.52. The Hall–Kier alpha value is -2.64. The van der Waals surface area contributed by atoms with E-state index in [0.717, 1.165) is 22.6 Å². The van der Waals surface area contributed by atoms with Gasteiger partial charge < -0.3 is 4.74 Å². The summed E-state index contributed by atoms with van der Waals surface area (Å²) in [6.07, 6.45) is -4.10. The molecule has 0 N–H and O–H groups in total. The summed E-state index contributed by atoms with van der Waals surface area (Å²) in [7, 11) is -3.74. The number of aromatic nitrogens is 1. The van der Waals surface area contributed by atoms with Crippen molar-refractivity contribution in [2.24, 2.45) is 0 Å². The molecule has 1 aromatic carbocycles. The van der Waals surface area contributed by atoms with E-state index in [1.807, 2.05) is 6.07 Å². The molecule has 1 aliphatic rings.